The smallest absolute Gasteiger partial charge is 0.387 e. The molecule has 0 saturated carbocycles. The summed E-state index contributed by atoms with van der Waals surface area (Å²) in [4.78, 5) is 22.0. The van der Waals surface area contributed by atoms with Crippen molar-refractivity contribution in [3.63, 3.8) is 0 Å². The third-order valence-electron chi connectivity index (χ3n) is 4.95. The zero-order valence-corrected chi connectivity index (χ0v) is 21.7. The number of aliphatic imine (C=N–C) groups is 2. The Bertz CT molecular complexity index is 1410. The van der Waals surface area contributed by atoms with E-state index in [1.807, 2.05) is 0 Å². The molecule has 1 aliphatic rings. The van der Waals surface area contributed by atoms with E-state index in [9.17, 15) is 13.6 Å². The first-order valence-electron chi connectivity index (χ1n) is 10.8. The van der Waals surface area contributed by atoms with Crippen LogP contribution in [0.15, 0.2) is 86.9 Å². The third kappa shape index (κ3) is 6.94. The van der Waals surface area contributed by atoms with Crippen LogP contribution < -0.4 is 15.4 Å². The Balaban J connectivity index is 1.40. The molecule has 0 spiro atoms. The number of carbonyl (C=O) groups excluding carboxylic acids is 1. The lowest BCUT2D eigenvalue weighted by atomic mass is 10.1. The SMILES string of the molecule is NC(=NC=Nc1ccc(OC(F)F)cc1)c1ccc(/C=N/N=C2\SCC(=O)N2c2c(Cl)cccc2Cl)cc1. The fourth-order valence-corrected chi connectivity index (χ4v) is 4.56. The second-order valence-corrected chi connectivity index (χ2v) is 9.23. The van der Waals surface area contributed by atoms with Crippen LogP contribution in [0.3, 0.4) is 0 Å². The van der Waals surface area contributed by atoms with Crippen molar-refractivity contribution in [2.75, 3.05) is 10.7 Å². The first-order chi connectivity index (χ1) is 18.3. The van der Waals surface area contributed by atoms with E-state index in [1.54, 1.807) is 42.5 Å². The highest BCUT2D eigenvalue weighted by Gasteiger charge is 2.32. The van der Waals surface area contributed by atoms with Crippen LogP contribution in [-0.2, 0) is 4.79 Å². The van der Waals surface area contributed by atoms with E-state index in [2.05, 4.69) is 24.9 Å². The minimum absolute atomic E-state index is 0.0368. The minimum atomic E-state index is -2.89. The van der Waals surface area contributed by atoms with E-state index in [-0.39, 0.29) is 23.2 Å². The van der Waals surface area contributed by atoms with Crippen LogP contribution in [0.2, 0.25) is 10.0 Å². The Labute approximate surface area is 230 Å². The van der Waals surface area contributed by atoms with Crippen molar-refractivity contribution in [2.45, 2.75) is 6.61 Å². The van der Waals surface area contributed by atoms with Crippen molar-refractivity contribution in [1.82, 2.24) is 0 Å². The number of benzene rings is 3. The first-order valence-corrected chi connectivity index (χ1v) is 12.6. The van der Waals surface area contributed by atoms with Gasteiger partial charge in [-0.15, -0.1) is 5.10 Å². The molecule has 1 heterocycles. The van der Waals surface area contributed by atoms with E-state index in [0.29, 0.717) is 32.2 Å². The zero-order chi connectivity index (χ0) is 27.1. The number of carbonyl (C=O) groups is 1. The van der Waals surface area contributed by atoms with Gasteiger partial charge in [-0.3, -0.25) is 9.69 Å². The molecular weight excluding hydrogens is 557 g/mol. The molecular formula is C25H18Cl2F2N6O2S. The number of rotatable bonds is 8. The number of nitrogens with two attached hydrogens (primary N) is 1. The summed E-state index contributed by atoms with van der Waals surface area (Å²) in [6.45, 7) is -2.89. The number of amides is 1. The summed E-state index contributed by atoms with van der Waals surface area (Å²) in [6.07, 6.45) is 2.80. The number of ether oxygens (including phenoxy) is 1. The molecule has 0 bridgehead atoms. The monoisotopic (exact) mass is 574 g/mol. The van der Waals surface area contributed by atoms with Gasteiger partial charge in [0, 0.05) is 5.56 Å². The fraction of sp³-hybridized carbons (Fsp3) is 0.0800. The third-order valence-corrected chi connectivity index (χ3v) is 6.47. The fourth-order valence-electron chi connectivity index (χ4n) is 3.19. The number of hydrogen-bond donors (Lipinski definition) is 1. The van der Waals surface area contributed by atoms with Crippen molar-refractivity contribution in [3.8, 4) is 5.75 Å². The second kappa shape index (κ2) is 12.6. The Hall–Kier alpha value is -3.80. The molecule has 0 aliphatic carbocycles. The lowest BCUT2D eigenvalue weighted by Gasteiger charge is -2.18. The van der Waals surface area contributed by atoms with Gasteiger partial charge in [0.1, 0.15) is 17.9 Å². The van der Waals surface area contributed by atoms with Gasteiger partial charge in [-0.1, -0.05) is 65.3 Å². The molecule has 8 nitrogen and oxygen atoms in total. The predicted octanol–water partition coefficient (Wildman–Crippen LogP) is 6.13. The minimum Gasteiger partial charge on any atom is -0.435 e. The first kappa shape index (κ1) is 27.2. The highest BCUT2D eigenvalue weighted by atomic mass is 35.5. The van der Waals surface area contributed by atoms with Gasteiger partial charge in [-0.05, 0) is 42.0 Å². The van der Waals surface area contributed by atoms with Gasteiger partial charge in [0.15, 0.2) is 5.17 Å². The second-order valence-electron chi connectivity index (χ2n) is 7.47. The van der Waals surface area contributed by atoms with Gasteiger partial charge in [0.05, 0.1) is 33.4 Å². The molecule has 4 rings (SSSR count). The maximum atomic E-state index is 12.4. The Morgan fingerprint density at radius 1 is 1.05 bits per heavy atom. The summed E-state index contributed by atoms with van der Waals surface area (Å²) in [5, 5.41) is 9.32. The Morgan fingerprint density at radius 3 is 2.39 bits per heavy atom. The standard InChI is InChI=1S/C25H18Cl2F2N6O2S/c26-19-2-1-3-20(27)22(19)35-21(36)13-38-25(35)34-33-12-15-4-6-16(7-5-15)23(30)32-14-31-17-8-10-18(11-9-17)37-24(28)29/h1-12,14,24H,13H2,(H2,30,31,32)/b33-12+,34-25-. The summed E-state index contributed by atoms with van der Waals surface area (Å²) in [6, 6.07) is 17.8. The molecule has 1 amide bonds. The molecule has 2 N–H and O–H groups in total. The molecule has 0 atom stereocenters. The van der Waals surface area contributed by atoms with E-state index in [0.717, 1.165) is 5.56 Å². The molecule has 3 aromatic carbocycles. The number of halogens is 4. The molecule has 1 fully saturated rings. The largest absolute Gasteiger partial charge is 0.435 e. The summed E-state index contributed by atoms with van der Waals surface area (Å²) in [5.41, 5.74) is 8.27. The number of hydrogen-bond acceptors (Lipinski definition) is 6. The van der Waals surface area contributed by atoms with Crippen LogP contribution in [0.4, 0.5) is 20.2 Å². The Morgan fingerprint density at radius 2 is 1.74 bits per heavy atom. The van der Waals surface area contributed by atoms with E-state index < -0.39 is 6.61 Å². The van der Waals surface area contributed by atoms with Gasteiger partial charge < -0.3 is 10.5 Å². The van der Waals surface area contributed by atoms with Crippen LogP contribution in [0.1, 0.15) is 11.1 Å². The number of para-hydroxylation sites is 1. The molecule has 3 aromatic rings. The van der Waals surface area contributed by atoms with Gasteiger partial charge in [-0.25, -0.2) is 9.98 Å². The van der Waals surface area contributed by atoms with Crippen molar-refractivity contribution >= 4 is 75.8 Å². The zero-order valence-electron chi connectivity index (χ0n) is 19.3. The number of thioether (sulfide) groups is 1. The van der Waals surface area contributed by atoms with Crippen molar-refractivity contribution in [3.05, 3.63) is 87.9 Å². The average molecular weight is 575 g/mol. The van der Waals surface area contributed by atoms with Gasteiger partial charge in [0.2, 0.25) is 5.91 Å². The molecule has 194 valence electrons. The molecule has 0 radical (unpaired) electrons. The maximum Gasteiger partial charge on any atom is 0.387 e. The molecule has 1 aliphatic heterocycles. The van der Waals surface area contributed by atoms with E-state index >= 15 is 0 Å². The molecule has 38 heavy (non-hydrogen) atoms. The van der Waals surface area contributed by atoms with Crippen LogP contribution in [0.25, 0.3) is 0 Å². The van der Waals surface area contributed by atoms with Crippen LogP contribution in [0, 0.1) is 0 Å². The number of alkyl halides is 2. The number of anilines is 1. The van der Waals surface area contributed by atoms with E-state index in [4.69, 9.17) is 28.9 Å². The number of nitrogens with zero attached hydrogens (tertiary/aromatic N) is 5. The molecule has 0 unspecified atom stereocenters. The number of amidine groups is 2. The predicted molar refractivity (Wildman–Crippen MR) is 150 cm³/mol. The van der Waals surface area contributed by atoms with Crippen LogP contribution in [0.5, 0.6) is 5.75 Å². The van der Waals surface area contributed by atoms with Gasteiger partial charge in [-0.2, -0.15) is 13.9 Å². The molecule has 0 aromatic heterocycles. The lowest BCUT2D eigenvalue weighted by molar-refractivity contribution is -0.115. The van der Waals surface area contributed by atoms with Crippen molar-refractivity contribution in [1.29, 1.82) is 0 Å². The normalized spacial score (nSPS) is 15.5. The molecule has 13 heteroatoms. The summed E-state index contributed by atoms with van der Waals surface area (Å²) >= 11 is 13.8. The van der Waals surface area contributed by atoms with Crippen LogP contribution in [-0.4, -0.2) is 41.8 Å². The summed E-state index contributed by atoms with van der Waals surface area (Å²) < 4.78 is 28.7. The topological polar surface area (TPSA) is 105 Å². The van der Waals surface area contributed by atoms with Crippen LogP contribution >= 0.6 is 35.0 Å². The molecule has 1 saturated heterocycles. The highest BCUT2D eigenvalue weighted by molar-refractivity contribution is 8.15. The van der Waals surface area contributed by atoms with E-state index in [1.165, 1.54) is 53.5 Å². The quantitative estimate of drug-likeness (QED) is 0.198. The van der Waals surface area contributed by atoms with Gasteiger partial charge >= 0.3 is 6.61 Å². The summed E-state index contributed by atoms with van der Waals surface area (Å²) in [5.74, 6) is 0.266. The summed E-state index contributed by atoms with van der Waals surface area (Å²) in [7, 11) is 0. The average Bonchev–Trinajstić information content (AvgIpc) is 3.25. The maximum absolute atomic E-state index is 12.4. The highest BCUT2D eigenvalue weighted by Crippen LogP contribution is 2.38. The Kier molecular flexibility index (Phi) is 9.06. The van der Waals surface area contributed by atoms with Gasteiger partial charge in [0.25, 0.3) is 0 Å². The van der Waals surface area contributed by atoms with Crippen molar-refractivity contribution in [2.24, 2.45) is 25.9 Å². The van der Waals surface area contributed by atoms with Crippen molar-refractivity contribution < 1.29 is 18.3 Å². The lowest BCUT2D eigenvalue weighted by Crippen LogP contribution is -2.29.